The summed E-state index contributed by atoms with van der Waals surface area (Å²) in [5, 5.41) is 0.167. The van der Waals surface area contributed by atoms with Gasteiger partial charge in [-0.3, -0.25) is 9.69 Å². The first-order valence-corrected chi connectivity index (χ1v) is 11.2. The lowest BCUT2D eigenvalue weighted by Gasteiger charge is -2.19. The molecule has 0 aliphatic heterocycles. The fraction of sp³-hybridized carbons (Fsp3) is 0.0769. The predicted molar refractivity (Wildman–Crippen MR) is 126 cm³/mol. The molecule has 0 saturated heterocycles. The average Bonchev–Trinajstić information content (AvgIpc) is 3.51. The molecule has 0 radical (unpaired) electrons. The molecule has 5 rings (SSSR count). The number of fused-ring (bicyclic) bond motifs is 1. The van der Waals surface area contributed by atoms with E-state index in [0.29, 0.717) is 16.0 Å². The normalized spacial score (nSPS) is 11.6. The first-order valence-electron chi connectivity index (χ1n) is 10.4. The van der Waals surface area contributed by atoms with Crippen molar-refractivity contribution in [2.24, 2.45) is 0 Å². The third-order valence-electron chi connectivity index (χ3n) is 5.32. The second-order valence-electron chi connectivity index (χ2n) is 7.56. The summed E-state index contributed by atoms with van der Waals surface area (Å²) in [6.07, 6.45) is -3.07. The summed E-state index contributed by atoms with van der Waals surface area (Å²) in [6.45, 7) is 0.0352. The molecule has 170 valence electrons. The van der Waals surface area contributed by atoms with Crippen LogP contribution in [0.1, 0.15) is 21.7 Å². The Morgan fingerprint density at radius 2 is 1.62 bits per heavy atom. The largest absolute Gasteiger partial charge is 0.467 e. The summed E-state index contributed by atoms with van der Waals surface area (Å²) in [7, 11) is 0. The van der Waals surface area contributed by atoms with E-state index in [4.69, 9.17) is 4.42 Å². The SMILES string of the molecule is O=C(c1ccc(-c2ccccc2)cc1)N(Cc1ccco1)c1nc2c(C(F)(F)F)cccc2s1. The van der Waals surface area contributed by atoms with Crippen molar-refractivity contribution < 1.29 is 22.4 Å². The molecule has 0 bridgehead atoms. The van der Waals surface area contributed by atoms with E-state index in [2.05, 4.69) is 4.98 Å². The number of alkyl halides is 3. The molecule has 0 saturated carbocycles. The minimum Gasteiger partial charge on any atom is -0.467 e. The zero-order valence-corrected chi connectivity index (χ0v) is 18.4. The topological polar surface area (TPSA) is 46.3 Å². The Kier molecular flexibility index (Phi) is 5.67. The number of anilines is 1. The minimum atomic E-state index is -4.55. The Morgan fingerprint density at radius 3 is 2.29 bits per heavy atom. The lowest BCUT2D eigenvalue weighted by atomic mass is 10.0. The van der Waals surface area contributed by atoms with Gasteiger partial charge in [-0.05, 0) is 47.5 Å². The molecular weight excluding hydrogens is 461 g/mol. The number of halogens is 3. The third-order valence-corrected chi connectivity index (χ3v) is 6.37. The van der Waals surface area contributed by atoms with E-state index in [1.165, 1.54) is 17.2 Å². The number of carbonyl (C=O) groups is 1. The standard InChI is InChI=1S/C26H17F3N2O2S/c27-26(28,29)21-9-4-10-22-23(21)30-25(34-22)31(16-20-8-5-15-33-20)24(32)19-13-11-18(12-14-19)17-6-2-1-3-7-17/h1-15H,16H2. The molecule has 0 atom stereocenters. The van der Waals surface area contributed by atoms with Gasteiger partial charge < -0.3 is 4.42 Å². The summed E-state index contributed by atoms with van der Waals surface area (Å²) >= 11 is 1.03. The van der Waals surface area contributed by atoms with Crippen LogP contribution in [0.15, 0.2) is 95.6 Å². The van der Waals surface area contributed by atoms with Crippen molar-refractivity contribution in [1.29, 1.82) is 0 Å². The van der Waals surface area contributed by atoms with E-state index in [0.717, 1.165) is 28.5 Å². The molecule has 2 aromatic heterocycles. The van der Waals surface area contributed by atoms with Gasteiger partial charge in [0.05, 0.1) is 28.6 Å². The maximum atomic E-state index is 13.5. The lowest BCUT2D eigenvalue weighted by molar-refractivity contribution is -0.136. The van der Waals surface area contributed by atoms with Gasteiger partial charge in [-0.1, -0.05) is 59.9 Å². The highest BCUT2D eigenvalue weighted by molar-refractivity contribution is 7.22. The number of aromatic nitrogens is 1. The number of furan rings is 1. The molecule has 0 unspecified atom stereocenters. The predicted octanol–water partition coefficient (Wildman–Crippen LogP) is 7.42. The Morgan fingerprint density at radius 1 is 0.882 bits per heavy atom. The number of benzene rings is 3. The van der Waals surface area contributed by atoms with Crippen LogP contribution in [0.3, 0.4) is 0 Å². The van der Waals surface area contributed by atoms with Crippen LogP contribution in [0.5, 0.6) is 0 Å². The molecule has 3 aromatic carbocycles. The van der Waals surface area contributed by atoms with Crippen LogP contribution in [0, 0.1) is 0 Å². The lowest BCUT2D eigenvalue weighted by Crippen LogP contribution is -2.30. The summed E-state index contributed by atoms with van der Waals surface area (Å²) in [4.78, 5) is 19.1. The Labute approximate surface area is 196 Å². The molecule has 8 heteroatoms. The quantitative estimate of drug-likeness (QED) is 0.264. The highest BCUT2D eigenvalue weighted by atomic mass is 32.1. The number of nitrogens with zero attached hydrogens (tertiary/aromatic N) is 2. The van der Waals surface area contributed by atoms with Gasteiger partial charge in [0.25, 0.3) is 5.91 Å². The number of hydrogen-bond donors (Lipinski definition) is 0. The molecule has 0 aliphatic carbocycles. The molecule has 1 amide bonds. The van der Waals surface area contributed by atoms with Crippen LogP contribution in [0.2, 0.25) is 0 Å². The van der Waals surface area contributed by atoms with Crippen LogP contribution in [-0.2, 0) is 12.7 Å². The van der Waals surface area contributed by atoms with Gasteiger partial charge in [-0.25, -0.2) is 4.98 Å². The maximum absolute atomic E-state index is 13.5. The van der Waals surface area contributed by atoms with Gasteiger partial charge in [0.15, 0.2) is 5.13 Å². The van der Waals surface area contributed by atoms with Crippen molar-refractivity contribution >= 4 is 32.6 Å². The number of hydrogen-bond acceptors (Lipinski definition) is 4. The van der Waals surface area contributed by atoms with E-state index < -0.39 is 11.7 Å². The van der Waals surface area contributed by atoms with Crippen LogP contribution < -0.4 is 4.90 Å². The van der Waals surface area contributed by atoms with Crippen LogP contribution in [0.4, 0.5) is 18.3 Å². The molecule has 4 nitrogen and oxygen atoms in total. The number of carbonyl (C=O) groups excluding carboxylic acids is 1. The molecule has 5 aromatic rings. The van der Waals surface area contributed by atoms with E-state index in [1.807, 2.05) is 42.5 Å². The molecular formula is C26H17F3N2O2S. The van der Waals surface area contributed by atoms with Crippen molar-refractivity contribution in [3.63, 3.8) is 0 Å². The van der Waals surface area contributed by atoms with Gasteiger partial charge >= 0.3 is 6.18 Å². The first-order chi connectivity index (χ1) is 16.4. The van der Waals surface area contributed by atoms with Gasteiger partial charge in [-0.2, -0.15) is 13.2 Å². The van der Waals surface area contributed by atoms with Crippen molar-refractivity contribution in [2.45, 2.75) is 12.7 Å². The fourth-order valence-corrected chi connectivity index (χ4v) is 4.65. The van der Waals surface area contributed by atoms with Crippen LogP contribution >= 0.6 is 11.3 Å². The summed E-state index contributed by atoms with van der Waals surface area (Å²) in [6, 6.07) is 24.1. The molecule has 2 heterocycles. The second-order valence-corrected chi connectivity index (χ2v) is 8.57. The van der Waals surface area contributed by atoms with Crippen LogP contribution in [-0.4, -0.2) is 10.9 Å². The molecule has 34 heavy (non-hydrogen) atoms. The third kappa shape index (κ3) is 4.32. The maximum Gasteiger partial charge on any atom is 0.418 e. The van der Waals surface area contributed by atoms with E-state index in [-0.39, 0.29) is 23.1 Å². The summed E-state index contributed by atoms with van der Waals surface area (Å²) in [5.41, 5.74) is 1.35. The average molecular weight is 478 g/mol. The number of amides is 1. The minimum absolute atomic E-state index is 0.0352. The van der Waals surface area contributed by atoms with Crippen LogP contribution in [0.25, 0.3) is 21.3 Å². The van der Waals surface area contributed by atoms with E-state index in [1.54, 1.807) is 30.3 Å². The second kappa shape index (κ2) is 8.79. The van der Waals surface area contributed by atoms with Crippen molar-refractivity contribution in [3.8, 4) is 11.1 Å². The number of thiazole rings is 1. The monoisotopic (exact) mass is 478 g/mol. The molecule has 0 aliphatic rings. The van der Waals surface area contributed by atoms with Gasteiger partial charge in [-0.15, -0.1) is 0 Å². The van der Waals surface area contributed by atoms with E-state index in [9.17, 15) is 18.0 Å². The van der Waals surface area contributed by atoms with Gasteiger partial charge in [0, 0.05) is 5.56 Å². The van der Waals surface area contributed by atoms with Crippen molar-refractivity contribution in [2.75, 3.05) is 4.90 Å². The molecule has 0 fully saturated rings. The first kappa shape index (κ1) is 21.9. The summed E-state index contributed by atoms with van der Waals surface area (Å²) < 4.78 is 46.3. The summed E-state index contributed by atoms with van der Waals surface area (Å²) in [5.74, 6) is 0.105. The van der Waals surface area contributed by atoms with E-state index >= 15 is 0 Å². The van der Waals surface area contributed by atoms with Gasteiger partial charge in [0.1, 0.15) is 5.76 Å². The Hall–Kier alpha value is -3.91. The Bertz CT molecular complexity index is 1430. The number of para-hydroxylation sites is 1. The molecule has 0 spiro atoms. The highest BCUT2D eigenvalue weighted by Crippen LogP contribution is 2.39. The Balaban J connectivity index is 1.53. The van der Waals surface area contributed by atoms with Crippen molar-refractivity contribution in [1.82, 2.24) is 4.98 Å². The molecule has 0 N–H and O–H groups in total. The van der Waals surface area contributed by atoms with Gasteiger partial charge in [0.2, 0.25) is 0 Å². The zero-order valence-electron chi connectivity index (χ0n) is 17.6. The zero-order chi connectivity index (χ0) is 23.7. The number of rotatable bonds is 5. The fourth-order valence-electron chi connectivity index (χ4n) is 3.66. The smallest absolute Gasteiger partial charge is 0.418 e. The highest BCUT2D eigenvalue weighted by Gasteiger charge is 2.34. The van der Waals surface area contributed by atoms with Crippen molar-refractivity contribution in [3.05, 3.63) is 108 Å².